The molecule has 1 unspecified atom stereocenters. The van der Waals surface area contributed by atoms with Crippen molar-refractivity contribution in [1.82, 2.24) is 15.6 Å². The second-order valence-electron chi connectivity index (χ2n) is 4.22. The van der Waals surface area contributed by atoms with Crippen LogP contribution in [0.1, 0.15) is 43.7 Å². The van der Waals surface area contributed by atoms with Gasteiger partial charge in [0.1, 0.15) is 0 Å². The fourth-order valence-electron chi connectivity index (χ4n) is 2.46. The Morgan fingerprint density at radius 1 is 1.27 bits per heavy atom. The van der Waals surface area contributed by atoms with E-state index in [2.05, 4.69) is 15.6 Å². The highest BCUT2D eigenvalue weighted by Crippen LogP contribution is 2.33. The first kappa shape index (κ1) is 10.5. The number of aromatic nitrogens is 2. The molecule has 0 aromatic carbocycles. The molecule has 1 atom stereocenters. The Kier molecular flexibility index (Phi) is 3.64. The average molecular weight is 206 g/mol. The van der Waals surface area contributed by atoms with Crippen LogP contribution in [-0.4, -0.2) is 10.2 Å². The van der Waals surface area contributed by atoms with Crippen molar-refractivity contribution in [3.8, 4) is 0 Å². The minimum atomic E-state index is 0.237. The first-order chi connectivity index (χ1) is 7.42. The number of hydrazine groups is 1. The second-order valence-corrected chi connectivity index (χ2v) is 4.22. The third-order valence-corrected chi connectivity index (χ3v) is 3.27. The molecule has 0 aliphatic heterocycles. The van der Waals surface area contributed by atoms with Gasteiger partial charge in [-0.25, -0.2) is 0 Å². The Labute approximate surface area is 90.2 Å². The molecule has 3 N–H and O–H groups in total. The first-order valence-electron chi connectivity index (χ1n) is 5.64. The van der Waals surface area contributed by atoms with Crippen molar-refractivity contribution in [2.24, 2.45) is 11.8 Å². The number of nitrogens with zero attached hydrogens (tertiary/aromatic N) is 2. The van der Waals surface area contributed by atoms with Gasteiger partial charge in [0.15, 0.2) is 0 Å². The molecule has 4 heteroatoms. The van der Waals surface area contributed by atoms with Crippen LogP contribution in [-0.2, 0) is 0 Å². The van der Waals surface area contributed by atoms with Crippen LogP contribution >= 0.6 is 0 Å². The predicted molar refractivity (Wildman–Crippen MR) is 58.7 cm³/mol. The molecule has 1 aromatic heterocycles. The van der Waals surface area contributed by atoms with Gasteiger partial charge in [-0.15, -0.1) is 0 Å². The molecule has 0 amide bonds. The molecular weight excluding hydrogens is 188 g/mol. The molecule has 0 bridgehead atoms. The molecule has 0 spiro atoms. The minimum Gasteiger partial charge on any atom is -0.271 e. The lowest BCUT2D eigenvalue weighted by molar-refractivity contribution is 0.273. The first-order valence-corrected chi connectivity index (χ1v) is 5.64. The zero-order valence-corrected chi connectivity index (χ0v) is 8.89. The molecule has 15 heavy (non-hydrogen) atoms. The zero-order valence-electron chi connectivity index (χ0n) is 8.89. The molecule has 0 saturated heterocycles. The Hall–Kier alpha value is -1.00. The van der Waals surface area contributed by atoms with E-state index in [9.17, 15) is 0 Å². The Morgan fingerprint density at radius 3 is 2.67 bits per heavy atom. The van der Waals surface area contributed by atoms with Gasteiger partial charge in [0.05, 0.1) is 12.2 Å². The van der Waals surface area contributed by atoms with Gasteiger partial charge in [-0.05, 0) is 30.4 Å². The second kappa shape index (κ2) is 5.19. The van der Waals surface area contributed by atoms with Crippen molar-refractivity contribution < 1.29 is 0 Å². The van der Waals surface area contributed by atoms with E-state index in [1.807, 2.05) is 6.07 Å². The van der Waals surface area contributed by atoms with Crippen LogP contribution in [0.4, 0.5) is 0 Å². The van der Waals surface area contributed by atoms with E-state index in [0.29, 0.717) is 5.92 Å². The summed E-state index contributed by atoms with van der Waals surface area (Å²) in [4.78, 5) is 0. The molecule has 1 heterocycles. The topological polar surface area (TPSA) is 63.8 Å². The van der Waals surface area contributed by atoms with E-state index < -0.39 is 0 Å². The monoisotopic (exact) mass is 206 g/mol. The van der Waals surface area contributed by atoms with E-state index in [-0.39, 0.29) is 6.04 Å². The normalized spacial score (nSPS) is 20.1. The molecule has 82 valence electrons. The average Bonchev–Trinajstić information content (AvgIpc) is 2.33. The van der Waals surface area contributed by atoms with Crippen LogP contribution in [0, 0.1) is 5.92 Å². The number of hydrogen-bond donors (Lipinski definition) is 2. The van der Waals surface area contributed by atoms with Gasteiger partial charge >= 0.3 is 0 Å². The highest BCUT2D eigenvalue weighted by Gasteiger charge is 2.24. The molecule has 1 aromatic rings. The third kappa shape index (κ3) is 2.52. The summed E-state index contributed by atoms with van der Waals surface area (Å²) in [7, 11) is 0. The fourth-order valence-corrected chi connectivity index (χ4v) is 2.46. The van der Waals surface area contributed by atoms with Crippen LogP contribution in [0.25, 0.3) is 0 Å². The Balaban J connectivity index is 2.09. The van der Waals surface area contributed by atoms with Crippen molar-refractivity contribution in [1.29, 1.82) is 0 Å². The highest BCUT2D eigenvalue weighted by molar-refractivity contribution is 5.12. The predicted octanol–water partition coefficient (Wildman–Crippen LogP) is 1.56. The largest absolute Gasteiger partial charge is 0.271 e. The number of hydrogen-bond acceptors (Lipinski definition) is 4. The molecule has 1 saturated carbocycles. The van der Waals surface area contributed by atoms with Crippen molar-refractivity contribution >= 4 is 0 Å². The summed E-state index contributed by atoms with van der Waals surface area (Å²) in [6.45, 7) is 0. The number of nitrogens with one attached hydrogen (secondary N) is 1. The van der Waals surface area contributed by atoms with E-state index >= 15 is 0 Å². The SMILES string of the molecule is NNC(c1ccnnc1)C1CCCCC1. The minimum absolute atomic E-state index is 0.237. The van der Waals surface area contributed by atoms with Crippen LogP contribution in [0.3, 0.4) is 0 Å². The summed E-state index contributed by atoms with van der Waals surface area (Å²) in [5.41, 5.74) is 4.07. The maximum atomic E-state index is 5.64. The lowest BCUT2D eigenvalue weighted by Gasteiger charge is -2.29. The van der Waals surface area contributed by atoms with Gasteiger partial charge in [-0.1, -0.05) is 19.3 Å². The summed E-state index contributed by atoms with van der Waals surface area (Å²) in [5.74, 6) is 6.28. The summed E-state index contributed by atoms with van der Waals surface area (Å²) in [6.07, 6.45) is 10.1. The highest BCUT2D eigenvalue weighted by atomic mass is 15.2. The van der Waals surface area contributed by atoms with Gasteiger partial charge in [0.2, 0.25) is 0 Å². The van der Waals surface area contributed by atoms with Gasteiger partial charge in [-0.3, -0.25) is 11.3 Å². The quantitative estimate of drug-likeness (QED) is 0.582. The van der Waals surface area contributed by atoms with E-state index in [1.54, 1.807) is 12.4 Å². The van der Waals surface area contributed by atoms with Gasteiger partial charge in [-0.2, -0.15) is 10.2 Å². The summed E-state index contributed by atoms with van der Waals surface area (Å²) in [6, 6.07) is 2.23. The molecule has 2 rings (SSSR count). The maximum absolute atomic E-state index is 5.64. The van der Waals surface area contributed by atoms with Gasteiger partial charge in [0, 0.05) is 6.20 Å². The van der Waals surface area contributed by atoms with Crippen LogP contribution < -0.4 is 11.3 Å². The van der Waals surface area contributed by atoms with Crippen LogP contribution in [0.5, 0.6) is 0 Å². The molecular formula is C11H18N4. The number of rotatable bonds is 3. The van der Waals surface area contributed by atoms with E-state index in [0.717, 1.165) is 5.56 Å². The standard InChI is InChI=1S/C11H18N4/c12-15-11(9-4-2-1-3-5-9)10-6-7-13-14-8-10/h6-9,11,15H,1-5,12H2. The molecule has 4 nitrogen and oxygen atoms in total. The smallest absolute Gasteiger partial charge is 0.0544 e. The van der Waals surface area contributed by atoms with Crippen molar-refractivity contribution in [3.05, 3.63) is 24.0 Å². The number of nitrogens with two attached hydrogens (primary N) is 1. The zero-order chi connectivity index (χ0) is 10.5. The Morgan fingerprint density at radius 2 is 2.07 bits per heavy atom. The summed E-state index contributed by atoms with van der Waals surface area (Å²) < 4.78 is 0. The molecule has 0 radical (unpaired) electrons. The lowest BCUT2D eigenvalue weighted by atomic mass is 9.82. The van der Waals surface area contributed by atoms with Gasteiger partial charge < -0.3 is 0 Å². The van der Waals surface area contributed by atoms with Gasteiger partial charge in [0.25, 0.3) is 0 Å². The maximum Gasteiger partial charge on any atom is 0.0544 e. The molecule has 1 aliphatic carbocycles. The Bertz CT molecular complexity index is 282. The third-order valence-electron chi connectivity index (χ3n) is 3.27. The summed E-state index contributed by atoms with van der Waals surface area (Å²) >= 11 is 0. The fraction of sp³-hybridized carbons (Fsp3) is 0.636. The molecule has 1 aliphatic rings. The van der Waals surface area contributed by atoms with Crippen LogP contribution in [0.2, 0.25) is 0 Å². The van der Waals surface area contributed by atoms with Crippen molar-refractivity contribution in [2.75, 3.05) is 0 Å². The lowest BCUT2D eigenvalue weighted by Crippen LogP contribution is -2.34. The molecule has 1 fully saturated rings. The van der Waals surface area contributed by atoms with E-state index in [1.165, 1.54) is 32.1 Å². The van der Waals surface area contributed by atoms with E-state index in [4.69, 9.17) is 5.84 Å². The van der Waals surface area contributed by atoms with Crippen molar-refractivity contribution in [2.45, 2.75) is 38.1 Å². The summed E-state index contributed by atoms with van der Waals surface area (Å²) in [5, 5.41) is 7.69. The van der Waals surface area contributed by atoms with Crippen molar-refractivity contribution in [3.63, 3.8) is 0 Å². The van der Waals surface area contributed by atoms with Crippen LogP contribution in [0.15, 0.2) is 18.5 Å².